The monoisotopic (exact) mass is 257 g/mol. The molecule has 0 aliphatic carbocycles. The van der Waals surface area contributed by atoms with Gasteiger partial charge >= 0.3 is 0 Å². The fourth-order valence-corrected chi connectivity index (χ4v) is 2.34. The number of nitrogens with two attached hydrogens (primary N) is 1. The minimum Gasteiger partial charge on any atom is -0.386 e. The van der Waals surface area contributed by atoms with Crippen LogP contribution in [0.25, 0.3) is 0 Å². The first kappa shape index (κ1) is 13.3. The number of aliphatic hydroxyl groups excluding tert-OH is 1. The SMILES string of the molecule is CC[C@H]1O[C@@H](N2C=CC(=O)NC2N)[C@@H](O)C1OC. The van der Waals surface area contributed by atoms with Crippen molar-refractivity contribution in [2.24, 2.45) is 5.73 Å². The molecule has 1 saturated heterocycles. The summed E-state index contributed by atoms with van der Waals surface area (Å²) in [6.45, 7) is 1.96. The highest BCUT2D eigenvalue weighted by Crippen LogP contribution is 2.28. The first-order chi connectivity index (χ1) is 8.58. The van der Waals surface area contributed by atoms with Gasteiger partial charge in [-0.15, -0.1) is 0 Å². The van der Waals surface area contributed by atoms with E-state index < -0.39 is 24.7 Å². The highest BCUT2D eigenvalue weighted by Gasteiger charge is 2.46. The van der Waals surface area contributed by atoms with Gasteiger partial charge in [0.05, 0.1) is 6.10 Å². The molecule has 1 amide bonds. The third-order valence-electron chi connectivity index (χ3n) is 3.29. The second kappa shape index (κ2) is 5.23. The fourth-order valence-electron chi connectivity index (χ4n) is 2.34. The molecule has 0 spiro atoms. The summed E-state index contributed by atoms with van der Waals surface area (Å²) in [5.41, 5.74) is 5.80. The van der Waals surface area contributed by atoms with Gasteiger partial charge in [-0.25, -0.2) is 0 Å². The molecular weight excluding hydrogens is 238 g/mol. The van der Waals surface area contributed by atoms with Gasteiger partial charge in [-0.1, -0.05) is 6.92 Å². The molecule has 2 heterocycles. The van der Waals surface area contributed by atoms with Crippen molar-refractivity contribution in [1.29, 1.82) is 0 Å². The van der Waals surface area contributed by atoms with E-state index in [4.69, 9.17) is 15.2 Å². The second-order valence-corrected chi connectivity index (χ2v) is 4.38. The van der Waals surface area contributed by atoms with E-state index in [0.717, 1.165) is 6.42 Å². The van der Waals surface area contributed by atoms with E-state index in [1.54, 1.807) is 4.90 Å². The molecule has 0 aromatic heterocycles. The maximum atomic E-state index is 11.1. The summed E-state index contributed by atoms with van der Waals surface area (Å²) in [7, 11) is 1.54. The molecule has 7 heteroatoms. The van der Waals surface area contributed by atoms with Crippen molar-refractivity contribution in [3.8, 4) is 0 Å². The van der Waals surface area contributed by atoms with Gasteiger partial charge in [0.15, 0.2) is 12.5 Å². The Kier molecular flexibility index (Phi) is 3.86. The van der Waals surface area contributed by atoms with Crippen molar-refractivity contribution < 1.29 is 19.4 Å². The molecule has 102 valence electrons. The number of aliphatic hydroxyl groups is 1. The molecule has 0 bridgehead atoms. The zero-order valence-corrected chi connectivity index (χ0v) is 10.4. The lowest BCUT2D eigenvalue weighted by Crippen LogP contribution is -2.59. The largest absolute Gasteiger partial charge is 0.386 e. The lowest BCUT2D eigenvalue weighted by molar-refractivity contribution is -0.125. The van der Waals surface area contributed by atoms with Crippen LogP contribution in [0, 0.1) is 0 Å². The van der Waals surface area contributed by atoms with Crippen LogP contribution in [0.2, 0.25) is 0 Å². The lowest BCUT2D eigenvalue weighted by atomic mass is 10.1. The van der Waals surface area contributed by atoms with Gasteiger partial charge in [0, 0.05) is 19.4 Å². The summed E-state index contributed by atoms with van der Waals surface area (Å²) in [5.74, 6) is -0.262. The van der Waals surface area contributed by atoms with Crippen molar-refractivity contribution in [3.63, 3.8) is 0 Å². The smallest absolute Gasteiger partial charge is 0.248 e. The Balaban J connectivity index is 2.14. The maximum Gasteiger partial charge on any atom is 0.248 e. The quantitative estimate of drug-likeness (QED) is 0.580. The minimum atomic E-state index is -0.814. The first-order valence-electron chi connectivity index (χ1n) is 5.96. The number of ether oxygens (including phenoxy) is 2. The number of rotatable bonds is 3. The first-order valence-corrected chi connectivity index (χ1v) is 5.96. The molecule has 18 heavy (non-hydrogen) atoms. The van der Waals surface area contributed by atoms with Crippen molar-refractivity contribution in [3.05, 3.63) is 12.3 Å². The van der Waals surface area contributed by atoms with E-state index in [2.05, 4.69) is 5.32 Å². The molecule has 4 N–H and O–H groups in total. The fraction of sp³-hybridized carbons (Fsp3) is 0.727. The summed E-state index contributed by atoms with van der Waals surface area (Å²) in [6.07, 6.45) is 0.882. The standard InChI is InChI=1S/C11H19N3O4/c1-3-6-9(17-2)8(16)10(18-6)14-5-4-7(15)13-11(14)12/h4-6,8-11,16H,3,12H2,1-2H3,(H,13,15)/t6-,8+,9?,10-,11?/m1/s1. The Morgan fingerprint density at radius 3 is 2.89 bits per heavy atom. The highest BCUT2D eigenvalue weighted by molar-refractivity contribution is 5.88. The average Bonchev–Trinajstić information content (AvgIpc) is 2.66. The summed E-state index contributed by atoms with van der Waals surface area (Å²) < 4.78 is 11.0. The van der Waals surface area contributed by atoms with Crippen molar-refractivity contribution in [2.45, 2.75) is 44.2 Å². The van der Waals surface area contributed by atoms with Gasteiger partial charge in [0.25, 0.3) is 0 Å². The number of methoxy groups -OCH3 is 1. The number of amides is 1. The Hall–Kier alpha value is -1.15. The zero-order chi connectivity index (χ0) is 13.3. The second-order valence-electron chi connectivity index (χ2n) is 4.38. The van der Waals surface area contributed by atoms with E-state index in [1.165, 1.54) is 19.4 Å². The van der Waals surface area contributed by atoms with Gasteiger partial charge in [0.2, 0.25) is 5.91 Å². The molecule has 0 aromatic carbocycles. The van der Waals surface area contributed by atoms with Crippen LogP contribution >= 0.6 is 0 Å². The van der Waals surface area contributed by atoms with Crippen LogP contribution in [0.5, 0.6) is 0 Å². The highest BCUT2D eigenvalue weighted by atomic mass is 16.6. The topological polar surface area (TPSA) is 97.1 Å². The predicted octanol–water partition coefficient (Wildman–Crippen LogP) is -1.31. The molecule has 0 aromatic rings. The minimum absolute atomic E-state index is 0.187. The lowest BCUT2D eigenvalue weighted by Gasteiger charge is -2.36. The van der Waals surface area contributed by atoms with Crippen LogP contribution in [0.3, 0.4) is 0 Å². The van der Waals surface area contributed by atoms with Gasteiger partial charge in [-0.3, -0.25) is 10.5 Å². The Labute approximate surface area is 106 Å². The Morgan fingerprint density at radius 1 is 1.67 bits per heavy atom. The van der Waals surface area contributed by atoms with Gasteiger partial charge in [-0.2, -0.15) is 0 Å². The summed E-state index contributed by atoms with van der Waals surface area (Å²) in [6, 6.07) is 0. The summed E-state index contributed by atoms with van der Waals surface area (Å²) >= 11 is 0. The number of carbonyl (C=O) groups excluding carboxylic acids is 1. The van der Waals surface area contributed by atoms with Gasteiger partial charge in [0.1, 0.15) is 12.2 Å². The normalized spacial score (nSPS) is 40.1. The molecule has 2 aliphatic heterocycles. The van der Waals surface area contributed by atoms with Crippen LogP contribution in [0.15, 0.2) is 12.3 Å². The van der Waals surface area contributed by atoms with E-state index in [-0.39, 0.29) is 12.0 Å². The average molecular weight is 257 g/mol. The molecule has 5 atom stereocenters. The van der Waals surface area contributed by atoms with E-state index >= 15 is 0 Å². The van der Waals surface area contributed by atoms with E-state index in [0.29, 0.717) is 0 Å². The van der Waals surface area contributed by atoms with Crippen LogP contribution in [0.4, 0.5) is 0 Å². The Bertz CT molecular complexity index is 349. The predicted molar refractivity (Wildman–Crippen MR) is 62.9 cm³/mol. The molecule has 2 rings (SSSR count). The molecule has 0 radical (unpaired) electrons. The molecule has 1 fully saturated rings. The number of nitrogens with zero attached hydrogens (tertiary/aromatic N) is 1. The number of nitrogens with one attached hydrogen (secondary N) is 1. The molecule has 2 aliphatic rings. The van der Waals surface area contributed by atoms with Gasteiger partial charge in [-0.05, 0) is 6.42 Å². The molecule has 2 unspecified atom stereocenters. The van der Waals surface area contributed by atoms with Crippen molar-refractivity contribution >= 4 is 5.91 Å². The third kappa shape index (κ3) is 2.22. The third-order valence-corrected chi connectivity index (χ3v) is 3.29. The van der Waals surface area contributed by atoms with E-state index in [9.17, 15) is 9.90 Å². The van der Waals surface area contributed by atoms with Crippen LogP contribution in [0.1, 0.15) is 13.3 Å². The maximum absolute atomic E-state index is 11.1. The Morgan fingerprint density at radius 2 is 2.39 bits per heavy atom. The van der Waals surface area contributed by atoms with Crippen molar-refractivity contribution in [1.82, 2.24) is 10.2 Å². The van der Waals surface area contributed by atoms with Crippen LogP contribution < -0.4 is 11.1 Å². The summed E-state index contributed by atoms with van der Waals surface area (Å²) in [4.78, 5) is 12.7. The van der Waals surface area contributed by atoms with Crippen LogP contribution in [-0.4, -0.2) is 53.9 Å². The molecule has 0 saturated carbocycles. The molecule has 7 nitrogen and oxygen atoms in total. The van der Waals surface area contributed by atoms with Crippen LogP contribution in [-0.2, 0) is 14.3 Å². The number of hydrogen-bond acceptors (Lipinski definition) is 6. The van der Waals surface area contributed by atoms with Crippen molar-refractivity contribution in [2.75, 3.05) is 7.11 Å². The zero-order valence-electron chi connectivity index (χ0n) is 10.4. The van der Waals surface area contributed by atoms with E-state index in [1.807, 2.05) is 6.92 Å². The molecular formula is C11H19N3O4. The number of hydrogen-bond donors (Lipinski definition) is 3. The number of carbonyl (C=O) groups is 1. The van der Waals surface area contributed by atoms with Gasteiger partial charge < -0.3 is 24.8 Å². The summed E-state index contributed by atoms with van der Waals surface area (Å²) in [5, 5.41) is 12.7.